The number of aromatic nitrogens is 1. The molecular formula is C19H19NO4S. The van der Waals surface area contributed by atoms with Gasteiger partial charge in [0.2, 0.25) is 0 Å². The molecule has 25 heavy (non-hydrogen) atoms. The maximum atomic E-state index is 12.6. The Bertz CT molecular complexity index is 884. The molecule has 0 saturated heterocycles. The summed E-state index contributed by atoms with van der Waals surface area (Å²) >= 11 is 1.51. The lowest BCUT2D eigenvalue weighted by atomic mass is 9.98. The number of carboxylic acid groups (broad SMARTS) is 1. The largest absolute Gasteiger partial charge is 0.497 e. The van der Waals surface area contributed by atoms with Crippen LogP contribution in [0.5, 0.6) is 5.75 Å². The number of carbonyl (C=O) groups is 1. The second-order valence-electron chi connectivity index (χ2n) is 6.56. The number of thioether (sulfide) groups is 1. The third kappa shape index (κ3) is 2.95. The highest BCUT2D eigenvalue weighted by Gasteiger charge is 2.37. The highest BCUT2D eigenvalue weighted by Crippen LogP contribution is 2.48. The molecule has 0 bridgehead atoms. The Hall–Kier alpha value is -2.21. The zero-order valence-electron chi connectivity index (χ0n) is 13.9. The number of methoxy groups -OCH3 is 1. The maximum absolute atomic E-state index is 12.6. The Morgan fingerprint density at radius 2 is 2.04 bits per heavy atom. The minimum Gasteiger partial charge on any atom is -0.497 e. The number of nitrogens with zero attached hydrogens (tertiary/aromatic N) is 1. The zero-order chi connectivity index (χ0) is 17.6. The summed E-state index contributed by atoms with van der Waals surface area (Å²) in [6, 6.07) is 8.74. The van der Waals surface area contributed by atoms with Gasteiger partial charge < -0.3 is 9.84 Å². The molecule has 2 heterocycles. The molecule has 6 heteroatoms. The summed E-state index contributed by atoms with van der Waals surface area (Å²) in [7, 11) is 1.64. The number of rotatable bonds is 5. The number of aliphatic carboxylic acids is 1. The zero-order valence-corrected chi connectivity index (χ0v) is 14.7. The Labute approximate surface area is 149 Å². The van der Waals surface area contributed by atoms with E-state index in [1.54, 1.807) is 13.2 Å². The summed E-state index contributed by atoms with van der Waals surface area (Å²) in [5.74, 6) is 0.754. The minimum absolute atomic E-state index is 0.208. The van der Waals surface area contributed by atoms with Gasteiger partial charge in [-0.15, -0.1) is 11.8 Å². The highest BCUT2D eigenvalue weighted by atomic mass is 32.2. The van der Waals surface area contributed by atoms with E-state index < -0.39 is 12.0 Å². The summed E-state index contributed by atoms with van der Waals surface area (Å²) in [6.45, 7) is 0. The minimum atomic E-state index is -0.932. The van der Waals surface area contributed by atoms with E-state index in [1.165, 1.54) is 21.9 Å². The first-order valence-corrected chi connectivity index (χ1v) is 9.34. The highest BCUT2D eigenvalue weighted by molar-refractivity contribution is 7.99. The van der Waals surface area contributed by atoms with Crippen molar-refractivity contribution < 1.29 is 14.6 Å². The van der Waals surface area contributed by atoms with Crippen molar-refractivity contribution >= 4 is 17.7 Å². The number of hydrogen-bond donors (Lipinski definition) is 1. The van der Waals surface area contributed by atoms with Gasteiger partial charge in [-0.05, 0) is 54.0 Å². The van der Waals surface area contributed by atoms with Crippen molar-refractivity contribution in [2.75, 3.05) is 12.9 Å². The van der Waals surface area contributed by atoms with E-state index in [9.17, 15) is 14.7 Å². The maximum Gasteiger partial charge on any atom is 0.327 e. The van der Waals surface area contributed by atoms with Gasteiger partial charge in [0.25, 0.3) is 5.56 Å². The van der Waals surface area contributed by atoms with E-state index in [2.05, 4.69) is 0 Å². The molecule has 5 nitrogen and oxygen atoms in total. The second kappa shape index (κ2) is 6.26. The number of pyridine rings is 1. The molecule has 1 N–H and O–H groups in total. The quantitative estimate of drug-likeness (QED) is 0.891. The molecular weight excluding hydrogens is 338 g/mol. The standard InChI is InChI=1S/C19H19NO4S/c1-24-14-6-2-11(3-7-14)8-13-9-16(21)20-15(19(22)23)10-25-18(20)17(13)12-4-5-12/h2-3,6-7,9,12,15H,4-5,8,10H2,1H3,(H,22,23)/t15-/m0/s1. The average Bonchev–Trinajstić information content (AvgIpc) is 3.32. The van der Waals surface area contributed by atoms with Gasteiger partial charge in [-0.25, -0.2) is 4.79 Å². The van der Waals surface area contributed by atoms with E-state index in [1.807, 2.05) is 24.3 Å². The molecule has 2 aliphatic rings. The van der Waals surface area contributed by atoms with Gasteiger partial charge in [-0.3, -0.25) is 9.36 Å². The average molecular weight is 357 g/mol. The summed E-state index contributed by atoms with van der Waals surface area (Å²) < 4.78 is 6.68. The van der Waals surface area contributed by atoms with Crippen molar-refractivity contribution in [1.82, 2.24) is 4.57 Å². The lowest BCUT2D eigenvalue weighted by molar-refractivity contribution is -0.140. The normalized spacial score (nSPS) is 18.8. The van der Waals surface area contributed by atoms with Gasteiger partial charge in [0.05, 0.1) is 12.1 Å². The third-order valence-electron chi connectivity index (χ3n) is 4.84. The lowest BCUT2D eigenvalue weighted by Gasteiger charge is -2.16. The number of hydrogen-bond acceptors (Lipinski definition) is 4. The van der Waals surface area contributed by atoms with Gasteiger partial charge in [-0.1, -0.05) is 12.1 Å². The molecule has 1 aromatic carbocycles. The van der Waals surface area contributed by atoms with Crippen LogP contribution in [0.3, 0.4) is 0 Å². The first-order chi connectivity index (χ1) is 12.1. The Kier molecular flexibility index (Phi) is 4.07. The second-order valence-corrected chi connectivity index (χ2v) is 7.57. The van der Waals surface area contributed by atoms with E-state index in [4.69, 9.17) is 4.74 Å². The van der Waals surface area contributed by atoms with Crippen LogP contribution in [0.1, 0.15) is 41.5 Å². The fourth-order valence-corrected chi connectivity index (χ4v) is 4.86. The van der Waals surface area contributed by atoms with Crippen molar-refractivity contribution in [3.05, 3.63) is 57.4 Å². The molecule has 2 aromatic rings. The molecule has 0 spiro atoms. The van der Waals surface area contributed by atoms with Crippen LogP contribution >= 0.6 is 11.8 Å². The number of ether oxygens (including phenoxy) is 1. The van der Waals surface area contributed by atoms with Gasteiger partial charge in [0.15, 0.2) is 0 Å². The van der Waals surface area contributed by atoms with Gasteiger partial charge in [0.1, 0.15) is 11.8 Å². The van der Waals surface area contributed by atoms with Crippen LogP contribution < -0.4 is 10.3 Å². The van der Waals surface area contributed by atoms with E-state index in [-0.39, 0.29) is 5.56 Å². The van der Waals surface area contributed by atoms with Gasteiger partial charge in [0, 0.05) is 11.8 Å². The topological polar surface area (TPSA) is 68.5 Å². The molecule has 130 valence electrons. The van der Waals surface area contributed by atoms with Crippen molar-refractivity contribution in [3.8, 4) is 5.75 Å². The van der Waals surface area contributed by atoms with E-state index in [0.29, 0.717) is 18.1 Å². The van der Waals surface area contributed by atoms with Crippen LogP contribution in [0.25, 0.3) is 0 Å². The molecule has 1 atom stereocenters. The number of carboxylic acids is 1. The smallest absolute Gasteiger partial charge is 0.327 e. The fraction of sp³-hybridized carbons (Fsp3) is 0.368. The first-order valence-electron chi connectivity index (χ1n) is 8.35. The molecule has 1 aliphatic heterocycles. The summed E-state index contributed by atoms with van der Waals surface area (Å²) in [4.78, 5) is 24.1. The molecule has 1 fully saturated rings. The van der Waals surface area contributed by atoms with Gasteiger partial charge >= 0.3 is 5.97 Å². The van der Waals surface area contributed by atoms with Crippen molar-refractivity contribution in [2.24, 2.45) is 0 Å². The number of benzene rings is 1. The molecule has 0 unspecified atom stereocenters. The van der Waals surface area contributed by atoms with Crippen molar-refractivity contribution in [1.29, 1.82) is 0 Å². The summed E-state index contributed by atoms with van der Waals surface area (Å²) in [5.41, 5.74) is 3.12. The van der Waals surface area contributed by atoms with Crippen LogP contribution in [0.2, 0.25) is 0 Å². The van der Waals surface area contributed by atoms with Crippen LogP contribution in [0.4, 0.5) is 0 Å². The fourth-order valence-electron chi connectivity index (χ4n) is 3.44. The molecule has 1 saturated carbocycles. The predicted molar refractivity (Wildman–Crippen MR) is 95.9 cm³/mol. The van der Waals surface area contributed by atoms with E-state index >= 15 is 0 Å². The van der Waals surface area contributed by atoms with Gasteiger partial charge in [-0.2, -0.15) is 0 Å². The monoisotopic (exact) mass is 357 g/mol. The van der Waals surface area contributed by atoms with Crippen LogP contribution in [0.15, 0.2) is 40.2 Å². The third-order valence-corrected chi connectivity index (χ3v) is 6.02. The molecule has 0 radical (unpaired) electrons. The Balaban J connectivity index is 1.77. The van der Waals surface area contributed by atoms with Crippen molar-refractivity contribution in [3.63, 3.8) is 0 Å². The van der Waals surface area contributed by atoms with Crippen LogP contribution in [-0.2, 0) is 11.2 Å². The van der Waals surface area contributed by atoms with Crippen molar-refractivity contribution in [2.45, 2.75) is 36.2 Å². The Morgan fingerprint density at radius 3 is 2.64 bits per heavy atom. The molecule has 1 aromatic heterocycles. The predicted octanol–water partition coefficient (Wildman–Crippen LogP) is 3.06. The molecule has 4 rings (SSSR count). The number of fused-ring (bicyclic) bond motifs is 1. The SMILES string of the molecule is COc1ccc(Cc2cc(=O)n3c(c2C2CC2)SC[C@H]3C(=O)O)cc1. The molecule has 1 aliphatic carbocycles. The summed E-state index contributed by atoms with van der Waals surface area (Å²) in [5, 5.41) is 10.3. The van der Waals surface area contributed by atoms with Crippen LogP contribution in [-0.4, -0.2) is 28.5 Å². The van der Waals surface area contributed by atoms with Crippen LogP contribution in [0, 0.1) is 0 Å². The lowest BCUT2D eigenvalue weighted by Crippen LogP contribution is -2.29. The first kappa shape index (κ1) is 16.3. The summed E-state index contributed by atoms with van der Waals surface area (Å²) in [6.07, 6.45) is 2.90. The van der Waals surface area contributed by atoms with E-state index in [0.717, 1.165) is 34.7 Å². The Morgan fingerprint density at radius 1 is 1.32 bits per heavy atom. The molecule has 0 amide bonds.